The summed E-state index contributed by atoms with van der Waals surface area (Å²) in [6.45, 7) is 0. The number of aryl methyl sites for hydroxylation is 1. The van der Waals surface area contributed by atoms with E-state index in [1.165, 1.54) is 16.7 Å². The fourth-order valence-corrected chi connectivity index (χ4v) is 1.37. The number of nitrogens with zero attached hydrogens (tertiary/aromatic N) is 1. The van der Waals surface area contributed by atoms with Crippen LogP contribution in [0.4, 0.5) is 0 Å². The van der Waals surface area contributed by atoms with Crippen molar-refractivity contribution < 1.29 is 10.2 Å². The second-order valence-electron chi connectivity index (χ2n) is 3.16. The Kier molecular flexibility index (Phi) is 1.70. The number of aromatic hydroxyl groups is 2. The molecule has 72 valence electrons. The molecule has 0 saturated carbocycles. The Morgan fingerprint density at radius 1 is 1.21 bits per heavy atom. The van der Waals surface area contributed by atoms with Crippen LogP contribution in [0.15, 0.2) is 29.2 Å². The molecule has 0 fully saturated rings. The van der Waals surface area contributed by atoms with E-state index in [0.717, 1.165) is 0 Å². The van der Waals surface area contributed by atoms with Crippen LogP contribution in [0.5, 0.6) is 11.5 Å². The molecule has 1 aromatic heterocycles. The van der Waals surface area contributed by atoms with Crippen LogP contribution >= 0.6 is 0 Å². The lowest BCUT2D eigenvalue weighted by Gasteiger charge is -2.03. The maximum atomic E-state index is 11.6. The molecule has 4 heteroatoms. The molecule has 0 radical (unpaired) electrons. The van der Waals surface area contributed by atoms with Crippen molar-refractivity contribution in [2.75, 3.05) is 0 Å². The normalized spacial score (nSPS) is 10.6. The predicted molar refractivity (Wildman–Crippen MR) is 52.5 cm³/mol. The van der Waals surface area contributed by atoms with Gasteiger partial charge >= 0.3 is 0 Å². The number of aromatic nitrogens is 1. The average molecular weight is 191 g/mol. The first-order valence-electron chi connectivity index (χ1n) is 4.11. The molecule has 0 aliphatic carbocycles. The monoisotopic (exact) mass is 191 g/mol. The molecule has 2 aromatic rings. The predicted octanol–water partition coefficient (Wildman–Crippen LogP) is 0.950. The zero-order chi connectivity index (χ0) is 10.3. The molecule has 14 heavy (non-hydrogen) atoms. The molecule has 2 N–H and O–H groups in total. The lowest BCUT2D eigenvalue weighted by Crippen LogP contribution is -2.15. The molecule has 4 nitrogen and oxygen atoms in total. The highest BCUT2D eigenvalue weighted by Gasteiger charge is 2.05. The van der Waals surface area contributed by atoms with Crippen LogP contribution in [0.3, 0.4) is 0 Å². The number of rotatable bonds is 0. The summed E-state index contributed by atoms with van der Waals surface area (Å²) in [5.41, 5.74) is -0.196. The Balaban J connectivity index is 2.97. The minimum atomic E-state index is -0.277. The SMILES string of the molecule is Cn1ccc2cc(O)c(O)cc2c1=O. The summed E-state index contributed by atoms with van der Waals surface area (Å²) in [6.07, 6.45) is 1.61. The van der Waals surface area contributed by atoms with Crippen LogP contribution < -0.4 is 5.56 Å². The third kappa shape index (κ3) is 1.12. The van der Waals surface area contributed by atoms with Crippen LogP contribution in [0, 0.1) is 0 Å². The molecule has 0 aliphatic rings. The fourth-order valence-electron chi connectivity index (χ4n) is 1.37. The smallest absolute Gasteiger partial charge is 0.258 e. The van der Waals surface area contributed by atoms with E-state index in [4.69, 9.17) is 0 Å². The van der Waals surface area contributed by atoms with Gasteiger partial charge in [0.2, 0.25) is 0 Å². The van der Waals surface area contributed by atoms with Gasteiger partial charge in [0.1, 0.15) is 0 Å². The zero-order valence-electron chi connectivity index (χ0n) is 7.56. The molecule has 0 atom stereocenters. The number of phenolic OH excluding ortho intramolecular Hbond substituents is 2. The second-order valence-corrected chi connectivity index (χ2v) is 3.16. The van der Waals surface area contributed by atoms with Gasteiger partial charge in [-0.25, -0.2) is 0 Å². The second kappa shape index (κ2) is 2.77. The molecule has 0 unspecified atom stereocenters. The Bertz CT molecular complexity index is 557. The first-order valence-corrected chi connectivity index (χ1v) is 4.11. The van der Waals surface area contributed by atoms with Gasteiger partial charge in [0.15, 0.2) is 11.5 Å². The van der Waals surface area contributed by atoms with Gasteiger partial charge in [0.05, 0.1) is 5.39 Å². The highest BCUT2D eigenvalue weighted by atomic mass is 16.3. The van der Waals surface area contributed by atoms with Crippen molar-refractivity contribution in [3.8, 4) is 11.5 Å². The van der Waals surface area contributed by atoms with Crippen molar-refractivity contribution in [1.82, 2.24) is 4.57 Å². The summed E-state index contributed by atoms with van der Waals surface area (Å²) >= 11 is 0. The maximum Gasteiger partial charge on any atom is 0.258 e. The van der Waals surface area contributed by atoms with Crippen molar-refractivity contribution in [3.05, 3.63) is 34.7 Å². The van der Waals surface area contributed by atoms with E-state index in [0.29, 0.717) is 10.8 Å². The van der Waals surface area contributed by atoms with Gasteiger partial charge in [-0.3, -0.25) is 4.79 Å². The number of fused-ring (bicyclic) bond motifs is 1. The van der Waals surface area contributed by atoms with Crippen molar-refractivity contribution in [3.63, 3.8) is 0 Å². The van der Waals surface area contributed by atoms with Crippen LogP contribution in [-0.2, 0) is 7.05 Å². The van der Waals surface area contributed by atoms with E-state index in [9.17, 15) is 15.0 Å². The topological polar surface area (TPSA) is 62.5 Å². The lowest BCUT2D eigenvalue weighted by atomic mass is 10.1. The third-order valence-corrected chi connectivity index (χ3v) is 2.18. The lowest BCUT2D eigenvalue weighted by molar-refractivity contribution is 0.405. The Morgan fingerprint density at radius 2 is 1.86 bits per heavy atom. The molecule has 1 aromatic carbocycles. The molecule has 1 heterocycles. The highest BCUT2D eigenvalue weighted by molar-refractivity contribution is 5.84. The summed E-state index contributed by atoms with van der Waals surface area (Å²) in [5.74, 6) is -0.494. The Morgan fingerprint density at radius 3 is 2.57 bits per heavy atom. The summed E-state index contributed by atoms with van der Waals surface area (Å²) in [6, 6.07) is 4.34. The van der Waals surface area contributed by atoms with Gasteiger partial charge in [-0.05, 0) is 23.6 Å². The number of benzene rings is 1. The van der Waals surface area contributed by atoms with E-state index in [-0.39, 0.29) is 17.1 Å². The number of hydrogen-bond acceptors (Lipinski definition) is 3. The summed E-state index contributed by atoms with van der Waals surface area (Å²) < 4.78 is 1.42. The molecule has 0 saturated heterocycles. The van der Waals surface area contributed by atoms with Gasteiger partial charge in [0.25, 0.3) is 5.56 Å². The van der Waals surface area contributed by atoms with E-state index < -0.39 is 0 Å². The average Bonchev–Trinajstić information content (AvgIpc) is 2.15. The third-order valence-electron chi connectivity index (χ3n) is 2.18. The van der Waals surface area contributed by atoms with Crippen LogP contribution in [0.2, 0.25) is 0 Å². The summed E-state index contributed by atoms with van der Waals surface area (Å²) in [5, 5.41) is 19.5. The standard InChI is InChI=1S/C10H9NO3/c1-11-3-2-6-4-8(12)9(13)5-7(6)10(11)14/h2-5,12-13H,1H3. The Hall–Kier alpha value is -1.97. The number of hydrogen-bond donors (Lipinski definition) is 2. The van der Waals surface area contributed by atoms with Gasteiger partial charge in [-0.15, -0.1) is 0 Å². The molecule has 0 amide bonds. The minimum Gasteiger partial charge on any atom is -0.504 e. The minimum absolute atomic E-state index is 0.196. The zero-order valence-corrected chi connectivity index (χ0v) is 7.56. The molecular weight excluding hydrogens is 182 g/mol. The number of pyridine rings is 1. The van der Waals surface area contributed by atoms with Gasteiger partial charge in [0, 0.05) is 13.2 Å². The largest absolute Gasteiger partial charge is 0.504 e. The molecule has 0 bridgehead atoms. The van der Waals surface area contributed by atoms with E-state index in [2.05, 4.69) is 0 Å². The Labute approximate surface area is 79.7 Å². The highest BCUT2D eigenvalue weighted by Crippen LogP contribution is 2.28. The van der Waals surface area contributed by atoms with Crippen molar-refractivity contribution in [1.29, 1.82) is 0 Å². The van der Waals surface area contributed by atoms with E-state index in [1.54, 1.807) is 19.3 Å². The molecule has 2 rings (SSSR count). The van der Waals surface area contributed by atoms with Crippen LogP contribution in [0.25, 0.3) is 10.8 Å². The van der Waals surface area contributed by atoms with Crippen molar-refractivity contribution >= 4 is 10.8 Å². The fraction of sp³-hybridized carbons (Fsp3) is 0.100. The van der Waals surface area contributed by atoms with Gasteiger partial charge in [-0.2, -0.15) is 0 Å². The molecular formula is C10H9NO3. The van der Waals surface area contributed by atoms with Gasteiger partial charge in [-0.1, -0.05) is 0 Å². The van der Waals surface area contributed by atoms with Crippen LogP contribution in [-0.4, -0.2) is 14.8 Å². The van der Waals surface area contributed by atoms with E-state index in [1.807, 2.05) is 0 Å². The molecule has 0 spiro atoms. The summed E-state index contributed by atoms with van der Waals surface area (Å²) in [7, 11) is 1.63. The first kappa shape index (κ1) is 8.62. The van der Waals surface area contributed by atoms with Crippen LogP contribution in [0.1, 0.15) is 0 Å². The first-order chi connectivity index (χ1) is 6.59. The van der Waals surface area contributed by atoms with Crippen molar-refractivity contribution in [2.45, 2.75) is 0 Å². The van der Waals surface area contributed by atoms with Gasteiger partial charge < -0.3 is 14.8 Å². The van der Waals surface area contributed by atoms with Crippen molar-refractivity contribution in [2.24, 2.45) is 7.05 Å². The maximum absolute atomic E-state index is 11.6. The quantitative estimate of drug-likeness (QED) is 0.609. The van der Waals surface area contributed by atoms with E-state index >= 15 is 0 Å². The summed E-state index contributed by atoms with van der Waals surface area (Å²) in [4.78, 5) is 11.6. The molecule has 0 aliphatic heterocycles. The number of phenols is 2.